The molecular weight excluding hydrogens is 197 g/mol. The Morgan fingerprint density at radius 2 is 2.00 bits per heavy atom. The Kier molecular flexibility index (Phi) is 3.35. The molecule has 1 N–H and O–H groups in total. The van der Waals surface area contributed by atoms with Crippen molar-refractivity contribution in [1.29, 1.82) is 0 Å². The minimum Gasteiger partial charge on any atom is -0.494 e. The summed E-state index contributed by atoms with van der Waals surface area (Å²) in [6.45, 7) is 0. The number of hydrogen-bond acceptors (Lipinski definition) is 2. The number of alkyl halides is 2. The lowest BCUT2D eigenvalue weighted by atomic mass is 10.1. The molecule has 0 amide bonds. The van der Waals surface area contributed by atoms with Crippen LogP contribution >= 0.6 is 0 Å². The Labute approximate surface area is 78.9 Å². The van der Waals surface area contributed by atoms with Crippen LogP contribution < -0.4 is 4.74 Å². The maximum absolute atomic E-state index is 13.3. The normalized spacial score (nSPS) is 13.0. The minimum atomic E-state index is -3.02. The molecule has 2 nitrogen and oxygen atoms in total. The molecule has 14 heavy (non-hydrogen) atoms. The zero-order valence-corrected chi connectivity index (χ0v) is 7.38. The number of rotatable bonds is 3. The van der Waals surface area contributed by atoms with Crippen LogP contribution in [0.3, 0.4) is 0 Å². The first-order chi connectivity index (χ1) is 6.57. The Hall–Kier alpha value is -1.23. The van der Waals surface area contributed by atoms with Gasteiger partial charge >= 0.3 is 0 Å². The Morgan fingerprint density at radius 3 is 2.50 bits per heavy atom. The molecule has 0 fully saturated rings. The van der Waals surface area contributed by atoms with Gasteiger partial charge in [-0.3, -0.25) is 0 Å². The molecule has 1 rings (SSSR count). The summed E-state index contributed by atoms with van der Waals surface area (Å²) >= 11 is 0. The van der Waals surface area contributed by atoms with E-state index in [4.69, 9.17) is 5.11 Å². The highest BCUT2D eigenvalue weighted by atomic mass is 19.3. The summed E-state index contributed by atoms with van der Waals surface area (Å²) < 4.78 is 42.0. The molecule has 0 aliphatic carbocycles. The van der Waals surface area contributed by atoms with Crippen LogP contribution in [-0.2, 0) is 0 Å². The highest BCUT2D eigenvalue weighted by molar-refractivity contribution is 5.32. The van der Waals surface area contributed by atoms with Crippen LogP contribution in [0.5, 0.6) is 5.75 Å². The van der Waals surface area contributed by atoms with E-state index in [1.54, 1.807) is 0 Å². The maximum Gasteiger partial charge on any atom is 0.268 e. The topological polar surface area (TPSA) is 29.5 Å². The van der Waals surface area contributed by atoms with Crippen molar-refractivity contribution in [2.45, 2.75) is 12.5 Å². The molecule has 0 spiro atoms. The summed E-state index contributed by atoms with van der Waals surface area (Å²) in [5.41, 5.74) is -0.459. The van der Waals surface area contributed by atoms with E-state index in [2.05, 4.69) is 4.74 Å². The molecule has 0 aliphatic heterocycles. The van der Waals surface area contributed by atoms with E-state index < -0.39 is 23.9 Å². The molecule has 1 atom stereocenters. The standard InChI is InChI=1S/C9H9F3O2/c1-14-6-4-2-3-5(7(6)10)8(13)9(11)12/h2-4,8-9,13H,1H3. The number of methoxy groups -OCH3 is 1. The van der Waals surface area contributed by atoms with Gasteiger partial charge in [-0.25, -0.2) is 13.2 Å². The summed E-state index contributed by atoms with van der Waals surface area (Å²) in [5.74, 6) is -1.12. The van der Waals surface area contributed by atoms with Crippen molar-refractivity contribution < 1.29 is 23.0 Å². The van der Waals surface area contributed by atoms with Crippen LogP contribution in [0.2, 0.25) is 0 Å². The average Bonchev–Trinajstić information content (AvgIpc) is 2.17. The lowest BCUT2D eigenvalue weighted by Gasteiger charge is -2.12. The van der Waals surface area contributed by atoms with E-state index in [0.717, 1.165) is 6.07 Å². The number of aliphatic hydroxyl groups excluding tert-OH is 1. The van der Waals surface area contributed by atoms with Gasteiger partial charge in [-0.1, -0.05) is 12.1 Å². The molecule has 1 unspecified atom stereocenters. The van der Waals surface area contributed by atoms with E-state index in [1.165, 1.54) is 19.2 Å². The fourth-order valence-electron chi connectivity index (χ4n) is 1.05. The Bertz CT molecular complexity index is 315. The van der Waals surface area contributed by atoms with Gasteiger partial charge in [0.15, 0.2) is 11.6 Å². The third-order valence-corrected chi connectivity index (χ3v) is 1.77. The first-order valence-electron chi connectivity index (χ1n) is 3.86. The smallest absolute Gasteiger partial charge is 0.268 e. The van der Waals surface area contributed by atoms with Gasteiger partial charge in [-0.2, -0.15) is 0 Å². The summed E-state index contributed by atoms with van der Waals surface area (Å²) in [6, 6.07) is 3.72. The molecule has 0 heterocycles. The van der Waals surface area contributed by atoms with E-state index >= 15 is 0 Å². The monoisotopic (exact) mass is 206 g/mol. The van der Waals surface area contributed by atoms with Crippen molar-refractivity contribution in [1.82, 2.24) is 0 Å². The SMILES string of the molecule is COc1cccc(C(O)C(F)F)c1F. The molecule has 1 aromatic rings. The van der Waals surface area contributed by atoms with Gasteiger partial charge in [-0.05, 0) is 6.07 Å². The molecule has 0 saturated carbocycles. The predicted molar refractivity (Wildman–Crippen MR) is 43.9 cm³/mol. The third kappa shape index (κ3) is 1.98. The van der Waals surface area contributed by atoms with Crippen molar-refractivity contribution in [3.8, 4) is 5.75 Å². The van der Waals surface area contributed by atoms with Crippen LogP contribution in [0.4, 0.5) is 13.2 Å². The minimum absolute atomic E-state index is 0.165. The van der Waals surface area contributed by atoms with E-state index in [-0.39, 0.29) is 5.75 Å². The lowest BCUT2D eigenvalue weighted by molar-refractivity contribution is -0.00790. The molecule has 78 valence electrons. The van der Waals surface area contributed by atoms with Crippen molar-refractivity contribution in [2.75, 3.05) is 7.11 Å². The molecule has 0 radical (unpaired) electrons. The lowest BCUT2D eigenvalue weighted by Crippen LogP contribution is -2.10. The van der Waals surface area contributed by atoms with Crippen molar-refractivity contribution in [3.05, 3.63) is 29.6 Å². The van der Waals surface area contributed by atoms with E-state index in [1.807, 2.05) is 0 Å². The number of halogens is 3. The Morgan fingerprint density at radius 1 is 1.36 bits per heavy atom. The van der Waals surface area contributed by atoms with Crippen LogP contribution in [0.1, 0.15) is 11.7 Å². The van der Waals surface area contributed by atoms with Crippen molar-refractivity contribution >= 4 is 0 Å². The van der Waals surface area contributed by atoms with Crippen LogP contribution in [-0.4, -0.2) is 18.6 Å². The number of aliphatic hydroxyl groups is 1. The van der Waals surface area contributed by atoms with Crippen LogP contribution in [0.25, 0.3) is 0 Å². The molecule has 1 aromatic carbocycles. The van der Waals surface area contributed by atoms with Gasteiger partial charge < -0.3 is 9.84 Å². The van der Waals surface area contributed by atoms with Gasteiger partial charge in [0.2, 0.25) is 0 Å². The molecular formula is C9H9F3O2. The molecule has 0 saturated heterocycles. The van der Waals surface area contributed by atoms with Crippen LogP contribution in [0.15, 0.2) is 18.2 Å². The van der Waals surface area contributed by atoms with Crippen LogP contribution in [0, 0.1) is 5.82 Å². The van der Waals surface area contributed by atoms with Gasteiger partial charge in [-0.15, -0.1) is 0 Å². The average molecular weight is 206 g/mol. The van der Waals surface area contributed by atoms with Gasteiger partial charge in [0.25, 0.3) is 6.43 Å². The molecule has 0 aliphatic rings. The summed E-state index contributed by atoms with van der Waals surface area (Å²) in [4.78, 5) is 0. The zero-order valence-electron chi connectivity index (χ0n) is 7.38. The maximum atomic E-state index is 13.3. The van der Waals surface area contributed by atoms with E-state index in [9.17, 15) is 13.2 Å². The van der Waals surface area contributed by atoms with Gasteiger partial charge in [0.1, 0.15) is 6.10 Å². The molecule has 0 aromatic heterocycles. The molecule has 0 bridgehead atoms. The second kappa shape index (κ2) is 4.32. The first-order valence-corrected chi connectivity index (χ1v) is 3.86. The Balaban J connectivity index is 3.09. The van der Waals surface area contributed by atoms with Gasteiger partial charge in [0.05, 0.1) is 7.11 Å². The predicted octanol–water partition coefficient (Wildman–Crippen LogP) is 2.13. The number of hydrogen-bond donors (Lipinski definition) is 1. The number of ether oxygens (including phenoxy) is 1. The zero-order chi connectivity index (χ0) is 10.7. The fourth-order valence-corrected chi connectivity index (χ4v) is 1.05. The largest absolute Gasteiger partial charge is 0.494 e. The molecule has 5 heteroatoms. The first kappa shape index (κ1) is 10.8. The quantitative estimate of drug-likeness (QED) is 0.820. The number of benzene rings is 1. The summed E-state index contributed by atoms with van der Waals surface area (Å²) in [7, 11) is 1.22. The second-order valence-electron chi connectivity index (χ2n) is 2.64. The van der Waals surface area contributed by atoms with Crippen molar-refractivity contribution in [2.24, 2.45) is 0 Å². The second-order valence-corrected chi connectivity index (χ2v) is 2.64. The highest BCUT2D eigenvalue weighted by Crippen LogP contribution is 2.28. The summed E-state index contributed by atoms with van der Waals surface area (Å²) in [5, 5.41) is 8.95. The fraction of sp³-hybridized carbons (Fsp3) is 0.333. The summed E-state index contributed by atoms with van der Waals surface area (Å²) in [6.07, 6.45) is -5.14. The van der Waals surface area contributed by atoms with Gasteiger partial charge in [0, 0.05) is 5.56 Å². The van der Waals surface area contributed by atoms with Crippen molar-refractivity contribution in [3.63, 3.8) is 0 Å². The third-order valence-electron chi connectivity index (χ3n) is 1.77. The van der Waals surface area contributed by atoms with E-state index in [0.29, 0.717) is 0 Å². The highest BCUT2D eigenvalue weighted by Gasteiger charge is 2.23.